The van der Waals surface area contributed by atoms with Gasteiger partial charge in [-0.1, -0.05) is 12.1 Å². The summed E-state index contributed by atoms with van der Waals surface area (Å²) < 4.78 is 54.2. The molecular weight excluding hydrogens is 458 g/mol. The molecule has 0 aliphatic carbocycles. The summed E-state index contributed by atoms with van der Waals surface area (Å²) in [6.45, 7) is 3.03. The number of nitro groups is 1. The van der Waals surface area contributed by atoms with Crippen LogP contribution in [0.15, 0.2) is 52.3 Å². The minimum Gasteiger partial charge on any atom is -0.367 e. The number of likely N-dealkylation sites (N-methyl/N-ethyl adjacent to an activating group) is 1. The van der Waals surface area contributed by atoms with Gasteiger partial charge in [-0.15, -0.1) is 0 Å². The van der Waals surface area contributed by atoms with E-state index in [-0.39, 0.29) is 10.6 Å². The van der Waals surface area contributed by atoms with E-state index < -0.39 is 35.6 Å². The number of para-hydroxylation sites is 2. The van der Waals surface area contributed by atoms with Crippen LogP contribution < -0.4 is 9.62 Å². The molecule has 0 spiro atoms. The van der Waals surface area contributed by atoms with Crippen molar-refractivity contribution in [2.75, 3.05) is 56.9 Å². The van der Waals surface area contributed by atoms with Gasteiger partial charge in [0.05, 0.1) is 21.2 Å². The average molecular weight is 484 g/mol. The first kappa shape index (κ1) is 23.9. The van der Waals surface area contributed by atoms with Gasteiger partial charge >= 0.3 is 0 Å². The van der Waals surface area contributed by atoms with Gasteiger partial charge in [0.25, 0.3) is 15.7 Å². The summed E-state index contributed by atoms with van der Waals surface area (Å²) >= 11 is 0. The van der Waals surface area contributed by atoms with E-state index in [0.717, 1.165) is 35.6 Å². The quantitative estimate of drug-likeness (QED) is 0.461. The van der Waals surface area contributed by atoms with Crippen LogP contribution in [0.4, 0.5) is 17.1 Å². The van der Waals surface area contributed by atoms with Crippen molar-refractivity contribution >= 4 is 37.1 Å². The van der Waals surface area contributed by atoms with Crippen molar-refractivity contribution < 1.29 is 21.8 Å². The summed E-state index contributed by atoms with van der Waals surface area (Å²) in [4.78, 5) is 13.9. The minimum atomic E-state index is -4.38. The van der Waals surface area contributed by atoms with Crippen molar-refractivity contribution in [3.8, 4) is 0 Å². The Bertz CT molecular complexity index is 1220. The molecular formula is C19H25N5O6S2. The van der Waals surface area contributed by atoms with Crippen LogP contribution in [0.2, 0.25) is 0 Å². The molecule has 13 heteroatoms. The largest absolute Gasteiger partial charge is 0.367 e. The van der Waals surface area contributed by atoms with E-state index in [9.17, 15) is 26.9 Å². The monoisotopic (exact) mass is 483 g/mol. The third kappa shape index (κ3) is 4.85. The predicted molar refractivity (Wildman–Crippen MR) is 121 cm³/mol. The fourth-order valence-corrected chi connectivity index (χ4v) is 5.47. The van der Waals surface area contributed by atoms with Gasteiger partial charge in [0.1, 0.15) is 0 Å². The van der Waals surface area contributed by atoms with E-state index in [4.69, 9.17) is 0 Å². The Labute approximate surface area is 187 Å². The average Bonchev–Trinajstić information content (AvgIpc) is 2.74. The molecule has 1 heterocycles. The number of rotatable bonds is 7. The molecule has 0 amide bonds. The highest BCUT2D eigenvalue weighted by Crippen LogP contribution is 2.32. The van der Waals surface area contributed by atoms with Gasteiger partial charge in [0, 0.05) is 46.3 Å². The summed E-state index contributed by atoms with van der Waals surface area (Å²) in [5, 5.41) is 11.6. The zero-order valence-corrected chi connectivity index (χ0v) is 19.6. The number of piperazine rings is 1. The smallest absolute Gasteiger partial charge is 0.291 e. The van der Waals surface area contributed by atoms with Crippen LogP contribution in [0.1, 0.15) is 0 Å². The molecule has 11 nitrogen and oxygen atoms in total. The second-order valence-corrected chi connectivity index (χ2v) is 11.4. The molecule has 0 atom stereocenters. The first-order valence-electron chi connectivity index (χ1n) is 9.70. The Hall–Kier alpha value is -2.74. The highest BCUT2D eigenvalue weighted by atomic mass is 32.2. The predicted octanol–water partition coefficient (Wildman–Crippen LogP) is 1.40. The lowest BCUT2D eigenvalue weighted by molar-refractivity contribution is -0.388. The van der Waals surface area contributed by atoms with E-state index in [1.807, 2.05) is 11.9 Å². The highest BCUT2D eigenvalue weighted by Gasteiger charge is 2.30. The van der Waals surface area contributed by atoms with E-state index >= 15 is 0 Å². The number of hydrogen-bond acceptors (Lipinski definition) is 8. The zero-order chi connectivity index (χ0) is 23.7. The van der Waals surface area contributed by atoms with Crippen LogP contribution in [-0.2, 0) is 20.0 Å². The lowest BCUT2D eigenvalue weighted by atomic mass is 10.2. The van der Waals surface area contributed by atoms with Gasteiger partial charge in [-0.25, -0.2) is 21.1 Å². The SMILES string of the molecule is CN1CCN(c2ccccc2NS(=O)(=O)c2ccc(S(=O)(=O)N(C)C)cc2[N+](=O)[O-])CC1. The standard InChI is InChI=1S/C19H25N5O6S2/c1-21(2)32(29,30)15-8-9-19(18(14-15)24(25)26)31(27,28)20-16-6-4-5-7-17(16)23-12-10-22(3)11-13-23/h4-9,14,20H,10-13H2,1-3H3. The number of nitrogens with one attached hydrogen (secondary N) is 1. The maximum absolute atomic E-state index is 13.1. The summed E-state index contributed by atoms with van der Waals surface area (Å²) in [6.07, 6.45) is 0. The van der Waals surface area contributed by atoms with Crippen LogP contribution in [0.3, 0.4) is 0 Å². The fourth-order valence-electron chi connectivity index (χ4n) is 3.32. The first-order valence-corrected chi connectivity index (χ1v) is 12.6. The van der Waals surface area contributed by atoms with Crippen molar-refractivity contribution in [2.24, 2.45) is 0 Å². The highest BCUT2D eigenvalue weighted by molar-refractivity contribution is 7.93. The fraction of sp³-hybridized carbons (Fsp3) is 0.368. The topological polar surface area (TPSA) is 133 Å². The van der Waals surface area contributed by atoms with Crippen molar-refractivity contribution in [2.45, 2.75) is 9.79 Å². The third-order valence-electron chi connectivity index (χ3n) is 5.19. The van der Waals surface area contributed by atoms with Crippen molar-refractivity contribution in [1.82, 2.24) is 9.21 Å². The van der Waals surface area contributed by atoms with Gasteiger partial charge in [-0.05, 0) is 31.3 Å². The Kier molecular flexibility index (Phi) is 6.74. The van der Waals surface area contributed by atoms with Crippen LogP contribution in [0.25, 0.3) is 0 Å². The Balaban J connectivity index is 2.00. The van der Waals surface area contributed by atoms with E-state index in [2.05, 4.69) is 9.62 Å². The Morgan fingerprint density at radius 3 is 2.22 bits per heavy atom. The molecule has 3 rings (SSSR count). The van der Waals surface area contributed by atoms with Crippen LogP contribution in [0.5, 0.6) is 0 Å². The lowest BCUT2D eigenvalue weighted by Gasteiger charge is -2.35. The van der Waals surface area contributed by atoms with Gasteiger partial charge in [-0.3, -0.25) is 14.8 Å². The number of nitrogens with zero attached hydrogens (tertiary/aromatic N) is 4. The van der Waals surface area contributed by atoms with Gasteiger partial charge in [0.2, 0.25) is 10.0 Å². The summed E-state index contributed by atoms with van der Waals surface area (Å²) in [5.41, 5.74) is 0.132. The molecule has 2 aromatic carbocycles. The summed E-state index contributed by atoms with van der Waals surface area (Å²) in [7, 11) is -3.79. The van der Waals surface area contributed by atoms with Gasteiger partial charge in [-0.2, -0.15) is 0 Å². The molecule has 0 bridgehead atoms. The van der Waals surface area contributed by atoms with Gasteiger partial charge < -0.3 is 9.80 Å². The van der Waals surface area contributed by atoms with Gasteiger partial charge in [0.15, 0.2) is 4.90 Å². The van der Waals surface area contributed by atoms with Crippen molar-refractivity contribution in [1.29, 1.82) is 0 Å². The second-order valence-electron chi connectivity index (χ2n) is 7.59. The number of anilines is 2. The molecule has 0 unspecified atom stereocenters. The molecule has 2 aromatic rings. The molecule has 0 aromatic heterocycles. The van der Waals surface area contributed by atoms with E-state index in [1.165, 1.54) is 14.1 Å². The van der Waals surface area contributed by atoms with Crippen LogP contribution in [0, 0.1) is 10.1 Å². The first-order chi connectivity index (χ1) is 14.9. The molecule has 1 N–H and O–H groups in total. The maximum Gasteiger partial charge on any atom is 0.291 e. The van der Waals surface area contributed by atoms with Crippen molar-refractivity contribution in [3.63, 3.8) is 0 Å². The number of sulfonamides is 2. The zero-order valence-electron chi connectivity index (χ0n) is 17.9. The number of nitro benzene ring substituents is 1. The molecule has 174 valence electrons. The van der Waals surface area contributed by atoms with Crippen LogP contribution >= 0.6 is 0 Å². The molecule has 32 heavy (non-hydrogen) atoms. The van der Waals surface area contributed by atoms with Crippen LogP contribution in [-0.4, -0.2) is 78.3 Å². The van der Waals surface area contributed by atoms with E-state index in [0.29, 0.717) is 18.8 Å². The minimum absolute atomic E-state index is 0.288. The van der Waals surface area contributed by atoms with E-state index in [1.54, 1.807) is 24.3 Å². The number of hydrogen-bond donors (Lipinski definition) is 1. The Morgan fingerprint density at radius 2 is 1.62 bits per heavy atom. The molecule has 0 radical (unpaired) electrons. The third-order valence-corrected chi connectivity index (χ3v) is 8.41. The Morgan fingerprint density at radius 1 is 1.00 bits per heavy atom. The summed E-state index contributed by atoms with van der Waals surface area (Å²) in [6, 6.07) is 9.56. The number of benzene rings is 2. The molecule has 1 fully saturated rings. The normalized spacial score (nSPS) is 15.7. The molecule has 1 aliphatic rings. The maximum atomic E-state index is 13.1. The van der Waals surface area contributed by atoms with Crippen molar-refractivity contribution in [3.05, 3.63) is 52.6 Å². The summed E-state index contributed by atoms with van der Waals surface area (Å²) in [5.74, 6) is 0. The second kappa shape index (κ2) is 9.02. The molecule has 0 saturated carbocycles. The lowest BCUT2D eigenvalue weighted by Crippen LogP contribution is -2.44. The molecule has 1 aliphatic heterocycles. The molecule has 1 saturated heterocycles.